The van der Waals surface area contributed by atoms with Gasteiger partial charge in [-0.3, -0.25) is 9.59 Å². The number of primary amides is 1. The van der Waals surface area contributed by atoms with E-state index in [1.807, 2.05) is 19.9 Å². The molecule has 1 aromatic heterocycles. The molecule has 3 N–H and O–H groups in total. The minimum Gasteiger partial charge on any atom is -0.482 e. The number of carbonyl (C=O) groups excluding carboxylic acids is 2. The van der Waals surface area contributed by atoms with Gasteiger partial charge in [0.2, 0.25) is 5.91 Å². The van der Waals surface area contributed by atoms with Crippen LogP contribution in [0, 0.1) is 5.82 Å². The van der Waals surface area contributed by atoms with E-state index in [9.17, 15) is 14.0 Å². The number of fused-ring (bicyclic) bond motifs is 1. The molecule has 3 heterocycles. The molecule has 0 saturated heterocycles. The highest BCUT2D eigenvalue weighted by Crippen LogP contribution is 2.44. The molecule has 0 spiro atoms. The van der Waals surface area contributed by atoms with Crippen LogP contribution in [0.2, 0.25) is 0 Å². The number of nitrogens with zero attached hydrogens (tertiary/aromatic N) is 2. The number of hydrogen-bond donors (Lipinski definition) is 2. The van der Waals surface area contributed by atoms with Crippen molar-refractivity contribution in [2.75, 3.05) is 23.8 Å². The van der Waals surface area contributed by atoms with E-state index < -0.39 is 17.3 Å². The third-order valence-electron chi connectivity index (χ3n) is 5.10. The van der Waals surface area contributed by atoms with E-state index in [-0.39, 0.29) is 12.5 Å². The van der Waals surface area contributed by atoms with Gasteiger partial charge in [-0.1, -0.05) is 0 Å². The standard InChI is InChI=1S/C22H21FN4O3/c1-22(2)15(12-4-7-19(25-10-12)27(3)11-18(24)28)9-17(30-22)20-14-8-13(23)5-6-16(14)26-21(20)29/h4-10H,11H2,1-3H3,(H2,24,28)(H,26,29). The Morgan fingerprint density at radius 3 is 2.73 bits per heavy atom. The monoisotopic (exact) mass is 408 g/mol. The van der Waals surface area contributed by atoms with Gasteiger partial charge in [-0.05, 0) is 50.3 Å². The van der Waals surface area contributed by atoms with Crippen LogP contribution in [0.3, 0.4) is 0 Å². The van der Waals surface area contributed by atoms with Crippen molar-refractivity contribution in [3.05, 3.63) is 65.3 Å². The number of pyridine rings is 1. The van der Waals surface area contributed by atoms with E-state index in [0.29, 0.717) is 28.4 Å². The van der Waals surface area contributed by atoms with Crippen molar-refractivity contribution in [1.29, 1.82) is 0 Å². The first-order valence-electron chi connectivity index (χ1n) is 9.38. The van der Waals surface area contributed by atoms with Gasteiger partial charge >= 0.3 is 0 Å². The number of hydrogen-bond acceptors (Lipinski definition) is 5. The maximum absolute atomic E-state index is 13.8. The predicted octanol–water partition coefficient (Wildman–Crippen LogP) is 2.70. The second-order valence-corrected chi connectivity index (χ2v) is 7.78. The Balaban J connectivity index is 1.73. The number of rotatable bonds is 4. The van der Waals surface area contributed by atoms with E-state index in [4.69, 9.17) is 10.5 Å². The lowest BCUT2D eigenvalue weighted by molar-refractivity contribution is -0.116. The molecule has 30 heavy (non-hydrogen) atoms. The van der Waals surface area contributed by atoms with Crippen molar-refractivity contribution in [2.45, 2.75) is 19.4 Å². The van der Waals surface area contributed by atoms with Crippen LogP contribution in [-0.2, 0) is 14.3 Å². The van der Waals surface area contributed by atoms with E-state index in [1.165, 1.54) is 18.2 Å². The number of halogens is 1. The Morgan fingerprint density at radius 1 is 1.30 bits per heavy atom. The molecule has 4 rings (SSSR count). The van der Waals surface area contributed by atoms with E-state index in [2.05, 4.69) is 10.3 Å². The van der Waals surface area contributed by atoms with Crippen LogP contribution in [0.15, 0.2) is 48.4 Å². The molecule has 2 aromatic rings. The highest BCUT2D eigenvalue weighted by Gasteiger charge is 2.38. The molecule has 0 radical (unpaired) electrons. The molecule has 2 amide bonds. The molecule has 0 atom stereocenters. The SMILES string of the molecule is CN(CC(N)=O)c1ccc(C2=CC(=C3C(=O)Nc4ccc(F)cc43)OC2(C)C)cn1. The quantitative estimate of drug-likeness (QED) is 0.758. The Bertz CT molecular complexity index is 1120. The molecule has 2 aliphatic heterocycles. The van der Waals surface area contributed by atoms with Gasteiger partial charge in [0.05, 0.1) is 12.1 Å². The van der Waals surface area contributed by atoms with Crippen LogP contribution in [0.1, 0.15) is 25.0 Å². The highest BCUT2D eigenvalue weighted by molar-refractivity contribution is 6.32. The van der Waals surface area contributed by atoms with Crippen LogP contribution in [0.4, 0.5) is 15.9 Å². The largest absolute Gasteiger partial charge is 0.482 e. The molecule has 7 nitrogen and oxygen atoms in total. The fourth-order valence-electron chi connectivity index (χ4n) is 3.69. The zero-order chi connectivity index (χ0) is 21.6. The van der Waals surface area contributed by atoms with Crippen LogP contribution < -0.4 is 16.0 Å². The average molecular weight is 408 g/mol. The fraction of sp³-hybridized carbons (Fsp3) is 0.227. The number of aromatic nitrogens is 1. The Morgan fingerprint density at radius 2 is 2.07 bits per heavy atom. The summed E-state index contributed by atoms with van der Waals surface area (Å²) in [7, 11) is 1.73. The molecule has 154 valence electrons. The number of likely N-dealkylation sites (N-methyl/N-ethyl adjacent to an activating group) is 1. The molecule has 0 aliphatic carbocycles. The van der Waals surface area contributed by atoms with E-state index in [1.54, 1.807) is 30.3 Å². The summed E-state index contributed by atoms with van der Waals surface area (Å²) >= 11 is 0. The van der Waals surface area contributed by atoms with Gasteiger partial charge in [0.15, 0.2) is 0 Å². The number of ether oxygens (including phenoxy) is 1. The summed E-state index contributed by atoms with van der Waals surface area (Å²) in [5, 5.41) is 2.74. The van der Waals surface area contributed by atoms with Crippen LogP contribution >= 0.6 is 0 Å². The molecule has 0 saturated carbocycles. The summed E-state index contributed by atoms with van der Waals surface area (Å²) in [5.74, 6) is -0.218. The number of nitrogens with one attached hydrogen (secondary N) is 1. The molecule has 8 heteroatoms. The lowest BCUT2D eigenvalue weighted by Gasteiger charge is -2.24. The Labute approximate surface area is 173 Å². The Kier molecular flexibility index (Phi) is 4.57. The first-order valence-corrected chi connectivity index (χ1v) is 9.38. The summed E-state index contributed by atoms with van der Waals surface area (Å²) in [4.78, 5) is 29.7. The third kappa shape index (κ3) is 3.41. The maximum Gasteiger partial charge on any atom is 0.260 e. The van der Waals surface area contributed by atoms with Gasteiger partial charge < -0.3 is 20.7 Å². The second kappa shape index (κ2) is 6.98. The molecular weight excluding hydrogens is 387 g/mol. The summed E-state index contributed by atoms with van der Waals surface area (Å²) in [6, 6.07) is 7.81. The van der Waals surface area contributed by atoms with Crippen molar-refractivity contribution < 1.29 is 18.7 Å². The lowest BCUT2D eigenvalue weighted by atomic mass is 9.93. The average Bonchev–Trinajstić information content (AvgIpc) is 3.15. The minimum absolute atomic E-state index is 0.0605. The molecule has 0 bridgehead atoms. The van der Waals surface area contributed by atoms with Crippen molar-refractivity contribution in [2.24, 2.45) is 5.73 Å². The number of carbonyl (C=O) groups is 2. The smallest absolute Gasteiger partial charge is 0.260 e. The van der Waals surface area contributed by atoms with Gasteiger partial charge in [0.25, 0.3) is 5.91 Å². The second-order valence-electron chi connectivity index (χ2n) is 7.78. The Hall–Kier alpha value is -3.68. The van der Waals surface area contributed by atoms with Gasteiger partial charge in [0, 0.05) is 35.6 Å². The van der Waals surface area contributed by atoms with Gasteiger partial charge in [-0.2, -0.15) is 0 Å². The van der Waals surface area contributed by atoms with Crippen LogP contribution in [-0.4, -0.2) is 36.0 Å². The number of anilines is 2. The number of benzene rings is 1. The van der Waals surface area contributed by atoms with Crippen molar-refractivity contribution >= 4 is 34.5 Å². The summed E-state index contributed by atoms with van der Waals surface area (Å²) in [6.45, 7) is 3.84. The molecular formula is C22H21FN4O3. The first-order chi connectivity index (χ1) is 14.2. The number of amides is 2. The first kappa shape index (κ1) is 19.6. The zero-order valence-corrected chi connectivity index (χ0v) is 16.8. The number of nitrogens with two attached hydrogens (primary N) is 1. The van der Waals surface area contributed by atoms with Gasteiger partial charge in [0.1, 0.15) is 23.0 Å². The van der Waals surface area contributed by atoms with Gasteiger partial charge in [-0.25, -0.2) is 9.37 Å². The van der Waals surface area contributed by atoms with Crippen molar-refractivity contribution in [3.8, 4) is 0 Å². The topological polar surface area (TPSA) is 97.5 Å². The molecule has 0 fully saturated rings. The molecule has 0 unspecified atom stereocenters. The summed E-state index contributed by atoms with van der Waals surface area (Å²) < 4.78 is 19.9. The van der Waals surface area contributed by atoms with Gasteiger partial charge in [-0.15, -0.1) is 0 Å². The molecule has 1 aromatic carbocycles. The lowest BCUT2D eigenvalue weighted by Crippen LogP contribution is -2.31. The minimum atomic E-state index is -0.721. The summed E-state index contributed by atoms with van der Waals surface area (Å²) in [5.41, 5.74) is 7.48. The molecule has 2 aliphatic rings. The third-order valence-corrected chi connectivity index (χ3v) is 5.10. The van der Waals surface area contributed by atoms with E-state index >= 15 is 0 Å². The highest BCUT2D eigenvalue weighted by atomic mass is 19.1. The predicted molar refractivity (Wildman–Crippen MR) is 112 cm³/mol. The fourth-order valence-corrected chi connectivity index (χ4v) is 3.69. The van der Waals surface area contributed by atoms with Crippen molar-refractivity contribution in [1.82, 2.24) is 4.98 Å². The van der Waals surface area contributed by atoms with Crippen LogP contribution in [0.25, 0.3) is 11.1 Å². The van der Waals surface area contributed by atoms with E-state index in [0.717, 1.165) is 11.1 Å². The number of allylic oxidation sites excluding steroid dienone is 1. The maximum atomic E-state index is 13.8. The normalized spacial score (nSPS) is 19.1. The zero-order valence-electron chi connectivity index (χ0n) is 16.8. The van der Waals surface area contributed by atoms with Crippen molar-refractivity contribution in [3.63, 3.8) is 0 Å². The van der Waals surface area contributed by atoms with Crippen LogP contribution in [0.5, 0.6) is 0 Å². The summed E-state index contributed by atoms with van der Waals surface area (Å²) in [6.07, 6.45) is 3.47.